The number of pyridine rings is 1. The highest BCUT2D eigenvalue weighted by Crippen LogP contribution is 2.25. The van der Waals surface area contributed by atoms with Gasteiger partial charge in [-0.2, -0.15) is 0 Å². The van der Waals surface area contributed by atoms with Crippen LogP contribution in [0.3, 0.4) is 0 Å². The van der Waals surface area contributed by atoms with Crippen molar-refractivity contribution >= 4 is 23.0 Å². The molecule has 0 spiro atoms. The van der Waals surface area contributed by atoms with Crippen LogP contribution in [0.2, 0.25) is 0 Å². The van der Waals surface area contributed by atoms with Gasteiger partial charge in [0.05, 0.1) is 5.56 Å². The first-order valence-corrected chi connectivity index (χ1v) is 7.00. The minimum atomic E-state index is 0.452. The van der Waals surface area contributed by atoms with Crippen LogP contribution in [0.5, 0.6) is 0 Å². The van der Waals surface area contributed by atoms with Crippen molar-refractivity contribution in [3.63, 3.8) is 0 Å². The van der Waals surface area contributed by atoms with E-state index < -0.39 is 0 Å². The lowest BCUT2D eigenvalue weighted by atomic mass is 10.0. The maximum atomic E-state index is 5.85. The Kier molecular flexibility index (Phi) is 4.17. The maximum Gasteiger partial charge on any atom is 0.139 e. The monoisotopic (exact) mass is 263 g/mol. The van der Waals surface area contributed by atoms with Gasteiger partial charge in [-0.25, -0.2) is 4.98 Å². The quantitative estimate of drug-likeness (QED) is 0.833. The largest absolute Gasteiger partial charge is 0.389 e. The summed E-state index contributed by atoms with van der Waals surface area (Å²) in [5.41, 5.74) is 7.92. The third-order valence-corrected chi connectivity index (χ3v) is 3.91. The lowest BCUT2D eigenvalue weighted by Crippen LogP contribution is -2.28. The smallest absolute Gasteiger partial charge is 0.139 e. The number of anilines is 1. The fourth-order valence-corrected chi connectivity index (χ4v) is 2.82. The summed E-state index contributed by atoms with van der Waals surface area (Å²) < 4.78 is 0. The van der Waals surface area contributed by atoms with Gasteiger partial charge < -0.3 is 10.6 Å². The number of aryl methyl sites for hydroxylation is 1. The first-order chi connectivity index (χ1) is 8.59. The zero-order chi connectivity index (χ0) is 13.1. The van der Waals surface area contributed by atoms with Gasteiger partial charge in [0.15, 0.2) is 0 Å². The number of hydrogen-bond donors (Lipinski definition) is 1. The molecule has 3 nitrogen and oxygen atoms in total. The molecule has 18 heavy (non-hydrogen) atoms. The predicted octanol–water partition coefficient (Wildman–Crippen LogP) is 2.65. The summed E-state index contributed by atoms with van der Waals surface area (Å²) in [6, 6.07) is 1.97. The number of nitrogens with zero attached hydrogens (tertiary/aromatic N) is 2. The van der Waals surface area contributed by atoms with Crippen molar-refractivity contribution in [1.82, 2.24) is 4.98 Å². The van der Waals surface area contributed by atoms with Crippen molar-refractivity contribution in [2.24, 2.45) is 11.7 Å². The predicted molar refractivity (Wildman–Crippen MR) is 80.1 cm³/mol. The highest BCUT2D eigenvalue weighted by molar-refractivity contribution is 7.80. The standard InChI is InChI=1S/C14H21N3S/c1-10-4-3-8-17(9-6-10)14-12(13(15)18)11(2)5-7-16-14/h5,7,10H,3-4,6,8-9H2,1-2H3,(H2,15,18). The average molecular weight is 263 g/mol. The summed E-state index contributed by atoms with van der Waals surface area (Å²) >= 11 is 5.17. The number of nitrogens with two attached hydrogens (primary N) is 1. The molecule has 1 aliphatic rings. The molecule has 1 saturated heterocycles. The fourth-order valence-electron chi connectivity index (χ4n) is 2.56. The molecule has 1 aromatic heterocycles. The van der Waals surface area contributed by atoms with E-state index in [0.29, 0.717) is 4.99 Å². The van der Waals surface area contributed by atoms with E-state index in [-0.39, 0.29) is 0 Å². The molecular weight excluding hydrogens is 242 g/mol. The Bertz CT molecular complexity index is 445. The van der Waals surface area contributed by atoms with Crippen LogP contribution in [0.25, 0.3) is 0 Å². The highest BCUT2D eigenvalue weighted by Gasteiger charge is 2.19. The maximum absolute atomic E-state index is 5.85. The summed E-state index contributed by atoms with van der Waals surface area (Å²) in [4.78, 5) is 7.30. The Morgan fingerprint density at radius 3 is 2.94 bits per heavy atom. The Balaban J connectivity index is 2.32. The lowest BCUT2D eigenvalue weighted by Gasteiger charge is -2.24. The van der Waals surface area contributed by atoms with Crippen LogP contribution in [0, 0.1) is 12.8 Å². The van der Waals surface area contributed by atoms with Crippen molar-refractivity contribution < 1.29 is 0 Å². The molecule has 98 valence electrons. The molecule has 2 N–H and O–H groups in total. The SMILES string of the molecule is Cc1ccnc(N2CCCC(C)CC2)c1C(N)=S. The van der Waals surface area contributed by atoms with Gasteiger partial charge in [0, 0.05) is 19.3 Å². The topological polar surface area (TPSA) is 42.2 Å². The third-order valence-electron chi connectivity index (χ3n) is 3.70. The van der Waals surface area contributed by atoms with Gasteiger partial charge in [-0.15, -0.1) is 0 Å². The second kappa shape index (κ2) is 5.65. The molecule has 2 heterocycles. The summed E-state index contributed by atoms with van der Waals surface area (Å²) in [6.07, 6.45) is 5.57. The minimum absolute atomic E-state index is 0.452. The van der Waals surface area contributed by atoms with Crippen LogP contribution in [0.1, 0.15) is 37.3 Å². The van der Waals surface area contributed by atoms with Gasteiger partial charge in [0.25, 0.3) is 0 Å². The van der Waals surface area contributed by atoms with E-state index in [4.69, 9.17) is 18.0 Å². The normalized spacial score (nSPS) is 20.6. The molecule has 4 heteroatoms. The first kappa shape index (κ1) is 13.3. The van der Waals surface area contributed by atoms with E-state index in [9.17, 15) is 0 Å². The van der Waals surface area contributed by atoms with E-state index in [1.54, 1.807) is 0 Å². The molecular formula is C14H21N3S. The van der Waals surface area contributed by atoms with Crippen LogP contribution in [-0.2, 0) is 0 Å². The number of hydrogen-bond acceptors (Lipinski definition) is 3. The Morgan fingerprint density at radius 2 is 2.22 bits per heavy atom. The second-order valence-corrected chi connectivity index (χ2v) is 5.65. The Hall–Kier alpha value is -1.16. The molecule has 0 bridgehead atoms. The van der Waals surface area contributed by atoms with E-state index in [2.05, 4.69) is 16.8 Å². The van der Waals surface area contributed by atoms with Crippen LogP contribution in [0.15, 0.2) is 12.3 Å². The average Bonchev–Trinajstić information content (AvgIpc) is 2.53. The molecule has 0 radical (unpaired) electrons. The van der Waals surface area contributed by atoms with Crippen molar-refractivity contribution in [2.75, 3.05) is 18.0 Å². The number of aromatic nitrogens is 1. The zero-order valence-corrected chi connectivity index (χ0v) is 12.0. The molecule has 0 saturated carbocycles. The molecule has 1 aromatic rings. The van der Waals surface area contributed by atoms with Gasteiger partial charge in [0.2, 0.25) is 0 Å². The van der Waals surface area contributed by atoms with E-state index in [0.717, 1.165) is 36.0 Å². The van der Waals surface area contributed by atoms with Gasteiger partial charge in [0.1, 0.15) is 10.8 Å². The van der Waals surface area contributed by atoms with E-state index in [1.165, 1.54) is 19.3 Å². The summed E-state index contributed by atoms with van der Waals surface area (Å²) in [5.74, 6) is 1.77. The van der Waals surface area contributed by atoms with Crippen molar-refractivity contribution in [2.45, 2.75) is 33.1 Å². The molecule has 1 atom stereocenters. The fraction of sp³-hybridized carbons (Fsp3) is 0.571. The van der Waals surface area contributed by atoms with Gasteiger partial charge in [-0.05, 0) is 43.7 Å². The molecule has 1 fully saturated rings. The highest BCUT2D eigenvalue weighted by atomic mass is 32.1. The Morgan fingerprint density at radius 1 is 1.44 bits per heavy atom. The summed E-state index contributed by atoms with van der Waals surface area (Å²) in [6.45, 7) is 6.46. The van der Waals surface area contributed by atoms with E-state index in [1.807, 2.05) is 19.2 Å². The van der Waals surface area contributed by atoms with Gasteiger partial charge in [-0.3, -0.25) is 0 Å². The van der Waals surface area contributed by atoms with Crippen molar-refractivity contribution in [3.8, 4) is 0 Å². The summed E-state index contributed by atoms with van der Waals surface area (Å²) in [5, 5.41) is 0. The zero-order valence-electron chi connectivity index (χ0n) is 11.1. The van der Waals surface area contributed by atoms with Crippen LogP contribution in [-0.4, -0.2) is 23.1 Å². The lowest BCUT2D eigenvalue weighted by molar-refractivity contribution is 0.521. The van der Waals surface area contributed by atoms with Crippen molar-refractivity contribution in [3.05, 3.63) is 23.4 Å². The number of thiocarbonyl (C=S) groups is 1. The van der Waals surface area contributed by atoms with Gasteiger partial charge in [-0.1, -0.05) is 19.1 Å². The van der Waals surface area contributed by atoms with Crippen LogP contribution in [0.4, 0.5) is 5.82 Å². The van der Waals surface area contributed by atoms with E-state index >= 15 is 0 Å². The molecule has 1 aliphatic heterocycles. The number of rotatable bonds is 2. The second-order valence-electron chi connectivity index (χ2n) is 5.21. The van der Waals surface area contributed by atoms with Gasteiger partial charge >= 0.3 is 0 Å². The minimum Gasteiger partial charge on any atom is -0.389 e. The molecule has 1 unspecified atom stereocenters. The molecule has 0 aliphatic carbocycles. The first-order valence-electron chi connectivity index (χ1n) is 6.60. The van der Waals surface area contributed by atoms with Crippen molar-refractivity contribution in [1.29, 1.82) is 0 Å². The van der Waals surface area contributed by atoms with Crippen LogP contribution < -0.4 is 10.6 Å². The molecule has 0 aromatic carbocycles. The molecule has 2 rings (SSSR count). The molecule has 0 amide bonds. The van der Waals surface area contributed by atoms with Crippen LogP contribution >= 0.6 is 12.2 Å². The Labute approximate surface area is 114 Å². The summed E-state index contributed by atoms with van der Waals surface area (Å²) in [7, 11) is 0. The third kappa shape index (κ3) is 2.80.